The van der Waals surface area contributed by atoms with E-state index in [0.29, 0.717) is 17.1 Å². The molecule has 1 amide bonds. The van der Waals surface area contributed by atoms with Crippen LogP contribution in [-0.2, 0) is 0 Å². The summed E-state index contributed by atoms with van der Waals surface area (Å²) in [6.07, 6.45) is 1.90. The number of anilines is 1. The lowest BCUT2D eigenvalue weighted by Gasteiger charge is -2.14. The largest absolute Gasteiger partial charge is 0.495 e. The van der Waals surface area contributed by atoms with Crippen molar-refractivity contribution in [3.63, 3.8) is 0 Å². The van der Waals surface area contributed by atoms with Crippen molar-refractivity contribution in [3.8, 4) is 5.75 Å². The summed E-state index contributed by atoms with van der Waals surface area (Å²) in [5.74, 6) is 0.476. The molecule has 20 heavy (non-hydrogen) atoms. The van der Waals surface area contributed by atoms with E-state index in [2.05, 4.69) is 21.2 Å². The Morgan fingerprint density at radius 3 is 2.75 bits per heavy atom. The Labute approximate surface area is 126 Å². The molecule has 0 aliphatic rings. The molecule has 0 fully saturated rings. The van der Waals surface area contributed by atoms with Gasteiger partial charge in [0, 0.05) is 16.7 Å². The number of nitrogens with one attached hydrogen (secondary N) is 1. The summed E-state index contributed by atoms with van der Waals surface area (Å²) in [7, 11) is 1.58. The summed E-state index contributed by atoms with van der Waals surface area (Å²) in [5.41, 5.74) is 1.27. The van der Waals surface area contributed by atoms with Gasteiger partial charge in [0.2, 0.25) is 0 Å². The standard InChI is InChI=1S/C15H17BrN2O2/c1-10(2)18-8-4-5-13(18)15(19)17-12-9-11(16)6-7-14(12)20-3/h4-10H,1-3H3,(H,17,19). The van der Waals surface area contributed by atoms with E-state index in [9.17, 15) is 4.79 Å². The molecule has 0 spiro atoms. The average Bonchev–Trinajstić information content (AvgIpc) is 2.88. The molecule has 0 aliphatic carbocycles. The van der Waals surface area contributed by atoms with Crippen molar-refractivity contribution in [2.45, 2.75) is 19.9 Å². The number of carbonyl (C=O) groups excluding carboxylic acids is 1. The Bertz CT molecular complexity index is 620. The molecule has 1 heterocycles. The number of hydrogen-bond donors (Lipinski definition) is 1. The molecule has 2 aromatic rings. The van der Waals surface area contributed by atoms with Gasteiger partial charge in [-0.1, -0.05) is 15.9 Å². The maximum atomic E-state index is 12.4. The van der Waals surface area contributed by atoms with E-state index in [4.69, 9.17) is 4.74 Å². The summed E-state index contributed by atoms with van der Waals surface area (Å²) in [6, 6.07) is 9.40. The number of methoxy groups -OCH3 is 1. The minimum atomic E-state index is -0.153. The van der Waals surface area contributed by atoms with Gasteiger partial charge in [0.15, 0.2) is 0 Å². The van der Waals surface area contributed by atoms with Gasteiger partial charge in [-0.25, -0.2) is 0 Å². The molecule has 0 unspecified atom stereocenters. The Morgan fingerprint density at radius 1 is 1.35 bits per heavy atom. The highest BCUT2D eigenvalue weighted by atomic mass is 79.9. The van der Waals surface area contributed by atoms with Crippen LogP contribution >= 0.6 is 15.9 Å². The van der Waals surface area contributed by atoms with Gasteiger partial charge < -0.3 is 14.6 Å². The predicted molar refractivity (Wildman–Crippen MR) is 83.5 cm³/mol. The Hall–Kier alpha value is -1.75. The molecule has 0 radical (unpaired) electrons. The van der Waals surface area contributed by atoms with E-state index in [1.165, 1.54) is 0 Å². The molecule has 1 aromatic carbocycles. The van der Waals surface area contributed by atoms with E-state index in [0.717, 1.165) is 4.47 Å². The second-order valence-electron chi connectivity index (χ2n) is 4.69. The molecule has 106 valence electrons. The van der Waals surface area contributed by atoms with E-state index in [1.807, 2.05) is 42.8 Å². The molecule has 0 saturated carbocycles. The number of carbonyl (C=O) groups is 1. The van der Waals surface area contributed by atoms with Crippen LogP contribution in [0.15, 0.2) is 41.0 Å². The summed E-state index contributed by atoms with van der Waals surface area (Å²) in [4.78, 5) is 12.4. The first-order valence-corrected chi connectivity index (χ1v) is 7.14. The number of amides is 1. The van der Waals surface area contributed by atoms with Crippen molar-refractivity contribution in [1.29, 1.82) is 0 Å². The number of halogens is 1. The van der Waals surface area contributed by atoms with Crippen molar-refractivity contribution in [2.75, 3.05) is 12.4 Å². The van der Waals surface area contributed by atoms with Crippen molar-refractivity contribution in [2.24, 2.45) is 0 Å². The third-order valence-corrected chi connectivity index (χ3v) is 3.47. The molecule has 0 bridgehead atoms. The van der Waals surface area contributed by atoms with E-state index in [1.54, 1.807) is 19.2 Å². The molecule has 0 aliphatic heterocycles. The highest BCUT2D eigenvalue weighted by molar-refractivity contribution is 9.10. The zero-order valence-electron chi connectivity index (χ0n) is 11.7. The molecule has 4 nitrogen and oxygen atoms in total. The fourth-order valence-electron chi connectivity index (χ4n) is 2.00. The highest BCUT2D eigenvalue weighted by Gasteiger charge is 2.14. The fourth-order valence-corrected chi connectivity index (χ4v) is 2.36. The van der Waals surface area contributed by atoms with Crippen molar-refractivity contribution >= 4 is 27.5 Å². The molecule has 5 heteroatoms. The van der Waals surface area contributed by atoms with Crippen LogP contribution in [0, 0.1) is 0 Å². The van der Waals surface area contributed by atoms with Gasteiger partial charge in [-0.15, -0.1) is 0 Å². The summed E-state index contributed by atoms with van der Waals surface area (Å²) < 4.78 is 8.07. The van der Waals surface area contributed by atoms with Gasteiger partial charge in [0.05, 0.1) is 12.8 Å². The quantitative estimate of drug-likeness (QED) is 0.913. The second kappa shape index (κ2) is 6.13. The Kier molecular flexibility index (Phi) is 4.49. The molecule has 0 saturated heterocycles. The zero-order chi connectivity index (χ0) is 14.7. The average molecular weight is 337 g/mol. The molecular formula is C15H17BrN2O2. The number of hydrogen-bond acceptors (Lipinski definition) is 2. The van der Waals surface area contributed by atoms with Crippen LogP contribution in [-0.4, -0.2) is 17.6 Å². The number of rotatable bonds is 4. The number of benzene rings is 1. The first-order valence-electron chi connectivity index (χ1n) is 6.34. The molecule has 0 atom stereocenters. The van der Waals surface area contributed by atoms with E-state index in [-0.39, 0.29) is 11.9 Å². The van der Waals surface area contributed by atoms with Crippen molar-refractivity contribution in [1.82, 2.24) is 4.57 Å². The molecule has 1 aromatic heterocycles. The van der Waals surface area contributed by atoms with Crippen molar-refractivity contribution < 1.29 is 9.53 Å². The highest BCUT2D eigenvalue weighted by Crippen LogP contribution is 2.28. The maximum absolute atomic E-state index is 12.4. The Morgan fingerprint density at radius 2 is 2.10 bits per heavy atom. The van der Waals surface area contributed by atoms with Gasteiger partial charge >= 0.3 is 0 Å². The maximum Gasteiger partial charge on any atom is 0.272 e. The van der Waals surface area contributed by atoms with E-state index >= 15 is 0 Å². The Balaban J connectivity index is 2.28. The predicted octanol–water partition coefficient (Wildman–Crippen LogP) is 4.09. The van der Waals surface area contributed by atoms with Crippen LogP contribution in [0.5, 0.6) is 5.75 Å². The van der Waals surface area contributed by atoms with E-state index < -0.39 is 0 Å². The smallest absolute Gasteiger partial charge is 0.272 e. The van der Waals surface area contributed by atoms with Crippen LogP contribution in [0.2, 0.25) is 0 Å². The monoisotopic (exact) mass is 336 g/mol. The van der Waals surface area contributed by atoms with Gasteiger partial charge in [-0.05, 0) is 44.2 Å². The van der Waals surface area contributed by atoms with Crippen LogP contribution in [0.4, 0.5) is 5.69 Å². The first kappa shape index (κ1) is 14.7. The lowest BCUT2D eigenvalue weighted by molar-refractivity contribution is 0.101. The SMILES string of the molecule is COc1ccc(Br)cc1NC(=O)c1cccn1C(C)C. The molecular weight excluding hydrogens is 320 g/mol. The number of ether oxygens (including phenoxy) is 1. The topological polar surface area (TPSA) is 43.3 Å². The zero-order valence-corrected chi connectivity index (χ0v) is 13.3. The number of aromatic nitrogens is 1. The normalized spacial score (nSPS) is 10.7. The van der Waals surface area contributed by atoms with Gasteiger partial charge in [-0.2, -0.15) is 0 Å². The van der Waals surface area contributed by atoms with Crippen LogP contribution in [0.3, 0.4) is 0 Å². The second-order valence-corrected chi connectivity index (χ2v) is 5.61. The fraction of sp³-hybridized carbons (Fsp3) is 0.267. The summed E-state index contributed by atoms with van der Waals surface area (Å²) >= 11 is 3.39. The minimum absolute atomic E-state index is 0.153. The number of nitrogens with zero attached hydrogens (tertiary/aromatic N) is 1. The van der Waals surface area contributed by atoms with Crippen LogP contribution in [0.25, 0.3) is 0 Å². The third-order valence-electron chi connectivity index (χ3n) is 2.98. The lowest BCUT2D eigenvalue weighted by atomic mass is 10.2. The summed E-state index contributed by atoms with van der Waals surface area (Å²) in [6.45, 7) is 4.08. The molecule has 2 rings (SSSR count). The van der Waals surface area contributed by atoms with Gasteiger partial charge in [-0.3, -0.25) is 4.79 Å². The van der Waals surface area contributed by atoms with Gasteiger partial charge in [0.1, 0.15) is 11.4 Å². The summed E-state index contributed by atoms with van der Waals surface area (Å²) in [5, 5.41) is 2.89. The minimum Gasteiger partial charge on any atom is -0.495 e. The van der Waals surface area contributed by atoms with Crippen LogP contribution < -0.4 is 10.1 Å². The van der Waals surface area contributed by atoms with Crippen molar-refractivity contribution in [3.05, 3.63) is 46.7 Å². The third kappa shape index (κ3) is 3.04. The molecule has 1 N–H and O–H groups in total. The van der Waals surface area contributed by atoms with Gasteiger partial charge in [0.25, 0.3) is 5.91 Å². The van der Waals surface area contributed by atoms with Crippen LogP contribution in [0.1, 0.15) is 30.4 Å². The first-order chi connectivity index (χ1) is 9.52. The lowest BCUT2D eigenvalue weighted by Crippen LogP contribution is -2.18.